The zero-order valence-electron chi connectivity index (χ0n) is 14.1. The van der Waals surface area contributed by atoms with Crippen LogP contribution >= 0.6 is 0 Å². The third-order valence-electron chi connectivity index (χ3n) is 3.25. The second-order valence-electron chi connectivity index (χ2n) is 4.99. The van der Waals surface area contributed by atoms with Crippen molar-refractivity contribution in [3.05, 3.63) is 48.5 Å². The molecule has 2 aromatic rings. The lowest BCUT2D eigenvalue weighted by atomic mass is 10.3. The van der Waals surface area contributed by atoms with Crippen LogP contribution in [0.4, 0.5) is 5.69 Å². The Bertz CT molecular complexity index is 716. The molecule has 0 atom stereocenters. The molecule has 0 fully saturated rings. The summed E-state index contributed by atoms with van der Waals surface area (Å²) in [6.07, 6.45) is 0. The number of nitrogens with one attached hydrogen (secondary N) is 2. The van der Waals surface area contributed by atoms with E-state index >= 15 is 0 Å². The highest BCUT2D eigenvalue weighted by Gasteiger charge is 2.09. The van der Waals surface area contributed by atoms with Gasteiger partial charge in [0.1, 0.15) is 5.75 Å². The molecule has 7 heteroatoms. The summed E-state index contributed by atoms with van der Waals surface area (Å²) < 4.78 is 15.6. The number of hydrogen-bond donors (Lipinski definition) is 2. The zero-order valence-corrected chi connectivity index (χ0v) is 14.1. The van der Waals surface area contributed by atoms with Crippen LogP contribution in [-0.2, 0) is 9.59 Å². The van der Waals surface area contributed by atoms with E-state index in [2.05, 4.69) is 10.6 Å². The highest BCUT2D eigenvalue weighted by atomic mass is 16.5. The van der Waals surface area contributed by atoms with Crippen LogP contribution < -0.4 is 24.8 Å². The van der Waals surface area contributed by atoms with E-state index in [0.29, 0.717) is 22.9 Å². The summed E-state index contributed by atoms with van der Waals surface area (Å²) in [6, 6.07) is 13.9. The fourth-order valence-electron chi connectivity index (χ4n) is 1.99. The zero-order chi connectivity index (χ0) is 18.1. The minimum Gasteiger partial charge on any atom is -0.497 e. The van der Waals surface area contributed by atoms with Gasteiger partial charge in [0.05, 0.1) is 20.8 Å². The summed E-state index contributed by atoms with van der Waals surface area (Å²) in [7, 11) is 3.09. The van der Waals surface area contributed by atoms with Gasteiger partial charge in [-0.15, -0.1) is 0 Å². The monoisotopic (exact) mass is 344 g/mol. The third-order valence-corrected chi connectivity index (χ3v) is 3.25. The summed E-state index contributed by atoms with van der Waals surface area (Å²) in [5, 5.41) is 5.16. The molecule has 0 aliphatic heterocycles. The predicted octanol–water partition coefficient (Wildman–Crippen LogP) is 1.84. The molecule has 0 spiro atoms. The quantitative estimate of drug-likeness (QED) is 0.763. The Kier molecular flexibility index (Phi) is 6.65. The van der Waals surface area contributed by atoms with E-state index < -0.39 is 5.91 Å². The smallest absolute Gasteiger partial charge is 0.258 e. The van der Waals surface area contributed by atoms with Gasteiger partial charge in [0, 0.05) is 5.69 Å². The van der Waals surface area contributed by atoms with Gasteiger partial charge in [0.25, 0.3) is 5.91 Å². The van der Waals surface area contributed by atoms with Gasteiger partial charge in [0.2, 0.25) is 5.91 Å². The van der Waals surface area contributed by atoms with Crippen LogP contribution in [0.2, 0.25) is 0 Å². The molecule has 0 aromatic heterocycles. The van der Waals surface area contributed by atoms with E-state index in [-0.39, 0.29) is 19.1 Å². The molecule has 0 saturated heterocycles. The minimum atomic E-state index is -0.407. The molecule has 0 bridgehead atoms. The van der Waals surface area contributed by atoms with Gasteiger partial charge in [-0.2, -0.15) is 0 Å². The average molecular weight is 344 g/mol. The van der Waals surface area contributed by atoms with E-state index in [1.54, 1.807) is 55.6 Å². The van der Waals surface area contributed by atoms with Crippen molar-refractivity contribution in [1.29, 1.82) is 0 Å². The van der Waals surface area contributed by atoms with Gasteiger partial charge in [0.15, 0.2) is 18.1 Å². The predicted molar refractivity (Wildman–Crippen MR) is 93.1 cm³/mol. The largest absolute Gasteiger partial charge is 0.497 e. The lowest BCUT2D eigenvalue weighted by Gasteiger charge is -2.10. The fraction of sp³-hybridized carbons (Fsp3) is 0.222. The third kappa shape index (κ3) is 5.72. The Balaban J connectivity index is 1.74. The number of carbonyl (C=O) groups excluding carboxylic acids is 2. The van der Waals surface area contributed by atoms with Crippen LogP contribution in [0.1, 0.15) is 0 Å². The number of carbonyl (C=O) groups is 2. The van der Waals surface area contributed by atoms with Crippen LogP contribution in [0, 0.1) is 0 Å². The fourth-order valence-corrected chi connectivity index (χ4v) is 1.99. The molecule has 132 valence electrons. The number of methoxy groups -OCH3 is 2. The molecular weight excluding hydrogens is 324 g/mol. The summed E-state index contributed by atoms with van der Waals surface area (Å²) in [5.74, 6) is 0.946. The van der Waals surface area contributed by atoms with E-state index in [1.807, 2.05) is 0 Å². The Morgan fingerprint density at radius 3 is 2.20 bits per heavy atom. The molecule has 0 aliphatic carbocycles. The van der Waals surface area contributed by atoms with Crippen molar-refractivity contribution < 1.29 is 23.8 Å². The number of para-hydroxylation sites is 2. The molecule has 2 rings (SSSR count). The number of hydrogen-bond acceptors (Lipinski definition) is 5. The van der Waals surface area contributed by atoms with E-state index in [1.165, 1.54) is 7.11 Å². The summed E-state index contributed by atoms with van der Waals surface area (Å²) >= 11 is 0. The first kappa shape index (κ1) is 18.1. The Morgan fingerprint density at radius 2 is 1.56 bits per heavy atom. The lowest BCUT2D eigenvalue weighted by Crippen LogP contribution is -2.35. The van der Waals surface area contributed by atoms with E-state index in [9.17, 15) is 9.59 Å². The summed E-state index contributed by atoms with van der Waals surface area (Å²) in [6.45, 7) is -0.365. The molecule has 0 radical (unpaired) electrons. The van der Waals surface area contributed by atoms with Crippen molar-refractivity contribution in [2.24, 2.45) is 0 Å². The molecule has 2 amide bonds. The van der Waals surface area contributed by atoms with Crippen LogP contribution in [-0.4, -0.2) is 39.2 Å². The van der Waals surface area contributed by atoms with Gasteiger partial charge in [-0.3, -0.25) is 9.59 Å². The molecule has 7 nitrogen and oxygen atoms in total. The maximum atomic E-state index is 11.8. The van der Waals surface area contributed by atoms with E-state index in [0.717, 1.165) is 0 Å². The minimum absolute atomic E-state index is 0.153. The van der Waals surface area contributed by atoms with Crippen molar-refractivity contribution >= 4 is 17.5 Å². The molecule has 0 unspecified atom stereocenters. The second-order valence-corrected chi connectivity index (χ2v) is 4.99. The Morgan fingerprint density at radius 1 is 0.880 bits per heavy atom. The van der Waals surface area contributed by atoms with E-state index in [4.69, 9.17) is 14.2 Å². The topological polar surface area (TPSA) is 85.9 Å². The Labute approximate surface area is 145 Å². The first-order valence-corrected chi connectivity index (χ1v) is 7.59. The van der Waals surface area contributed by atoms with Gasteiger partial charge in [-0.1, -0.05) is 12.1 Å². The van der Waals surface area contributed by atoms with Crippen molar-refractivity contribution in [2.75, 3.05) is 32.7 Å². The van der Waals surface area contributed by atoms with Crippen molar-refractivity contribution in [1.82, 2.24) is 5.32 Å². The first-order valence-electron chi connectivity index (χ1n) is 7.59. The van der Waals surface area contributed by atoms with Crippen molar-refractivity contribution in [3.8, 4) is 17.2 Å². The average Bonchev–Trinajstić information content (AvgIpc) is 2.65. The van der Waals surface area contributed by atoms with Crippen LogP contribution in [0.25, 0.3) is 0 Å². The molecule has 0 saturated carbocycles. The first-order chi connectivity index (χ1) is 12.1. The number of amides is 2. The van der Waals surface area contributed by atoms with Crippen LogP contribution in [0.5, 0.6) is 17.2 Å². The van der Waals surface area contributed by atoms with Crippen LogP contribution in [0.15, 0.2) is 48.5 Å². The number of anilines is 1. The molecule has 25 heavy (non-hydrogen) atoms. The van der Waals surface area contributed by atoms with Crippen molar-refractivity contribution in [3.63, 3.8) is 0 Å². The molecule has 2 aromatic carbocycles. The highest BCUT2D eigenvalue weighted by Crippen LogP contribution is 2.25. The SMILES string of the molecule is COc1ccc(NC(=O)CNC(=O)COc2ccccc2OC)cc1. The van der Waals surface area contributed by atoms with Gasteiger partial charge in [-0.05, 0) is 36.4 Å². The second kappa shape index (κ2) is 9.17. The van der Waals surface area contributed by atoms with Gasteiger partial charge < -0.3 is 24.8 Å². The maximum Gasteiger partial charge on any atom is 0.258 e. The molecule has 0 heterocycles. The highest BCUT2D eigenvalue weighted by molar-refractivity contribution is 5.94. The molecule has 2 N–H and O–H groups in total. The summed E-state index contributed by atoms with van der Waals surface area (Å²) in [4.78, 5) is 23.6. The molecular formula is C18H20N2O5. The number of rotatable bonds is 8. The standard InChI is InChI=1S/C18H20N2O5/c1-23-14-9-7-13(8-10-14)20-17(21)11-19-18(22)12-25-16-6-4-3-5-15(16)24-2/h3-10H,11-12H2,1-2H3,(H,19,22)(H,20,21). The normalized spacial score (nSPS) is 9.84. The lowest BCUT2D eigenvalue weighted by molar-refractivity contribution is -0.125. The Hall–Kier alpha value is -3.22. The number of benzene rings is 2. The maximum absolute atomic E-state index is 11.8. The van der Waals surface area contributed by atoms with Gasteiger partial charge in [-0.25, -0.2) is 0 Å². The van der Waals surface area contributed by atoms with Crippen LogP contribution in [0.3, 0.4) is 0 Å². The molecule has 0 aliphatic rings. The summed E-state index contributed by atoms with van der Waals surface area (Å²) in [5.41, 5.74) is 0.616. The van der Waals surface area contributed by atoms with Gasteiger partial charge >= 0.3 is 0 Å². The van der Waals surface area contributed by atoms with Crippen molar-refractivity contribution in [2.45, 2.75) is 0 Å². The number of ether oxygens (including phenoxy) is 3.